The Morgan fingerprint density at radius 3 is 2.39 bits per heavy atom. The molecule has 0 amide bonds. The molecule has 0 spiro atoms. The molecule has 0 bridgehead atoms. The summed E-state index contributed by atoms with van der Waals surface area (Å²) >= 11 is 0. The van der Waals surface area contributed by atoms with E-state index in [2.05, 4.69) is 46.8 Å². The van der Waals surface area contributed by atoms with E-state index in [4.69, 9.17) is 10.1 Å². The van der Waals surface area contributed by atoms with Crippen LogP contribution in [-0.2, 0) is 22.0 Å². The van der Waals surface area contributed by atoms with Crippen molar-refractivity contribution in [1.29, 1.82) is 5.41 Å². The van der Waals surface area contributed by atoms with E-state index in [0.29, 0.717) is 11.3 Å². The molecule has 3 rings (SSSR count). The number of hydrogen-bond acceptors (Lipinski definition) is 3. The molecule has 2 aromatic carbocycles. The zero-order valence-corrected chi connectivity index (χ0v) is 17.9. The molecule has 0 fully saturated rings. The highest BCUT2D eigenvalue weighted by atomic mass is 16.5. The predicted octanol–water partition coefficient (Wildman–Crippen LogP) is 5.74. The van der Waals surface area contributed by atoms with Crippen molar-refractivity contribution < 1.29 is 9.53 Å². The highest BCUT2D eigenvalue weighted by Crippen LogP contribution is 2.42. The molecule has 28 heavy (non-hydrogen) atoms. The molecule has 0 saturated heterocycles. The van der Waals surface area contributed by atoms with Gasteiger partial charge in [0, 0.05) is 5.56 Å². The summed E-state index contributed by atoms with van der Waals surface area (Å²) in [4.78, 5) is 12.3. The van der Waals surface area contributed by atoms with Gasteiger partial charge in [0.15, 0.2) is 0 Å². The molecule has 0 radical (unpaired) electrons. The Hall–Kier alpha value is -2.42. The number of carbonyl (C=O) groups is 1. The summed E-state index contributed by atoms with van der Waals surface area (Å²) in [6.07, 6.45) is 2.05. The average Bonchev–Trinajstić information content (AvgIpc) is 2.93. The van der Waals surface area contributed by atoms with Crippen LogP contribution in [0.1, 0.15) is 79.2 Å². The van der Waals surface area contributed by atoms with E-state index in [1.807, 2.05) is 19.1 Å². The highest BCUT2D eigenvalue weighted by Gasteiger charge is 2.34. The van der Waals surface area contributed by atoms with Gasteiger partial charge in [0.2, 0.25) is 0 Å². The van der Waals surface area contributed by atoms with Crippen molar-refractivity contribution in [3.8, 4) is 0 Å². The van der Waals surface area contributed by atoms with Gasteiger partial charge in [0.05, 0.1) is 11.3 Å². The zero-order chi connectivity index (χ0) is 20.7. The summed E-state index contributed by atoms with van der Waals surface area (Å²) in [7, 11) is 0. The van der Waals surface area contributed by atoms with Gasteiger partial charge in [-0.15, -0.1) is 0 Å². The van der Waals surface area contributed by atoms with Crippen LogP contribution in [0.3, 0.4) is 0 Å². The lowest BCUT2D eigenvalue weighted by molar-refractivity contribution is 0.0563. The minimum Gasteiger partial charge on any atom is -0.456 e. The Bertz CT molecular complexity index is 915. The molecule has 1 aliphatic carbocycles. The number of benzene rings is 2. The summed E-state index contributed by atoms with van der Waals surface area (Å²) in [6.45, 7) is 13.1. The van der Waals surface area contributed by atoms with Gasteiger partial charge in [-0.2, -0.15) is 0 Å². The SMILES string of the molecule is Cc1ccc(C(=O)OCC(=N)c2cc(C(C)(C)C)cc3c2CCC3(C)C)cc1. The van der Waals surface area contributed by atoms with E-state index in [9.17, 15) is 4.79 Å². The second-order valence-electron chi connectivity index (χ2n) is 9.60. The third kappa shape index (κ3) is 4.04. The lowest BCUT2D eigenvalue weighted by Gasteiger charge is -2.26. The van der Waals surface area contributed by atoms with Crippen LogP contribution in [0.5, 0.6) is 0 Å². The fourth-order valence-corrected chi connectivity index (χ4v) is 3.81. The fraction of sp³-hybridized carbons (Fsp3) is 0.440. The Morgan fingerprint density at radius 1 is 1.14 bits per heavy atom. The van der Waals surface area contributed by atoms with Crippen molar-refractivity contribution in [3.63, 3.8) is 0 Å². The van der Waals surface area contributed by atoms with Gasteiger partial charge in [0.25, 0.3) is 0 Å². The standard InChI is InChI=1S/C25H31NO2/c1-16-7-9-17(10-8-16)23(27)28-15-22(26)20-13-18(24(2,3)4)14-21-19(20)11-12-25(21,5)6/h7-10,13-14,26H,11-12,15H2,1-6H3. The van der Waals surface area contributed by atoms with Crippen LogP contribution in [0.15, 0.2) is 36.4 Å². The highest BCUT2D eigenvalue weighted by molar-refractivity contribution is 6.02. The Morgan fingerprint density at radius 2 is 1.79 bits per heavy atom. The lowest BCUT2D eigenvalue weighted by Crippen LogP contribution is -2.20. The topological polar surface area (TPSA) is 50.2 Å². The average molecular weight is 378 g/mol. The number of aryl methyl sites for hydroxylation is 1. The molecule has 0 aliphatic heterocycles. The molecular weight excluding hydrogens is 346 g/mol. The van der Waals surface area contributed by atoms with E-state index < -0.39 is 0 Å². The summed E-state index contributed by atoms with van der Waals surface area (Å²) in [6, 6.07) is 11.8. The normalized spacial score (nSPS) is 15.2. The van der Waals surface area contributed by atoms with Crippen molar-refractivity contribution in [1.82, 2.24) is 0 Å². The van der Waals surface area contributed by atoms with Crippen molar-refractivity contribution in [3.05, 3.63) is 69.8 Å². The molecule has 2 aromatic rings. The van der Waals surface area contributed by atoms with Gasteiger partial charge in [-0.25, -0.2) is 4.79 Å². The van der Waals surface area contributed by atoms with Gasteiger partial charge in [-0.3, -0.25) is 0 Å². The third-order valence-corrected chi connectivity index (χ3v) is 5.81. The van der Waals surface area contributed by atoms with Crippen molar-refractivity contribution >= 4 is 11.7 Å². The molecule has 3 heteroatoms. The van der Waals surface area contributed by atoms with E-state index >= 15 is 0 Å². The maximum Gasteiger partial charge on any atom is 0.338 e. The molecule has 0 heterocycles. The molecule has 3 nitrogen and oxygen atoms in total. The van der Waals surface area contributed by atoms with Crippen LogP contribution in [0.4, 0.5) is 0 Å². The summed E-state index contributed by atoms with van der Waals surface area (Å²) in [5.41, 5.74) is 6.86. The summed E-state index contributed by atoms with van der Waals surface area (Å²) in [5.74, 6) is -0.381. The molecule has 1 N–H and O–H groups in total. The van der Waals surface area contributed by atoms with Crippen LogP contribution in [-0.4, -0.2) is 18.3 Å². The molecule has 148 valence electrons. The summed E-state index contributed by atoms with van der Waals surface area (Å²) in [5, 5.41) is 8.64. The first kappa shape index (κ1) is 20.3. The number of rotatable bonds is 4. The smallest absolute Gasteiger partial charge is 0.338 e. The maximum absolute atomic E-state index is 12.3. The Labute approximate surface area is 168 Å². The van der Waals surface area contributed by atoms with E-state index in [-0.39, 0.29) is 23.4 Å². The number of carbonyl (C=O) groups excluding carboxylic acids is 1. The molecular formula is C25H31NO2. The second kappa shape index (κ2) is 7.20. The fourth-order valence-electron chi connectivity index (χ4n) is 3.81. The quantitative estimate of drug-likeness (QED) is 0.545. The first-order chi connectivity index (χ1) is 13.0. The van der Waals surface area contributed by atoms with Gasteiger partial charge in [0.1, 0.15) is 6.61 Å². The largest absolute Gasteiger partial charge is 0.456 e. The second-order valence-corrected chi connectivity index (χ2v) is 9.60. The first-order valence-corrected chi connectivity index (χ1v) is 9.98. The van der Waals surface area contributed by atoms with E-state index in [1.54, 1.807) is 12.1 Å². The maximum atomic E-state index is 12.3. The third-order valence-electron chi connectivity index (χ3n) is 5.81. The minimum absolute atomic E-state index is 0.00129. The number of hydrogen-bond donors (Lipinski definition) is 1. The van der Waals surface area contributed by atoms with E-state index in [0.717, 1.165) is 24.0 Å². The number of fused-ring (bicyclic) bond motifs is 1. The van der Waals surface area contributed by atoms with Gasteiger partial charge >= 0.3 is 5.97 Å². The lowest BCUT2D eigenvalue weighted by atomic mass is 9.79. The van der Waals surface area contributed by atoms with Crippen LogP contribution in [0.25, 0.3) is 0 Å². The predicted molar refractivity (Wildman–Crippen MR) is 115 cm³/mol. The van der Waals surface area contributed by atoms with Crippen LogP contribution in [0, 0.1) is 12.3 Å². The van der Waals surface area contributed by atoms with Crippen LogP contribution >= 0.6 is 0 Å². The van der Waals surface area contributed by atoms with E-state index in [1.165, 1.54) is 16.7 Å². The summed E-state index contributed by atoms with van der Waals surface area (Å²) < 4.78 is 5.46. The zero-order valence-electron chi connectivity index (χ0n) is 17.9. The van der Waals surface area contributed by atoms with Crippen LogP contribution < -0.4 is 0 Å². The molecule has 1 aliphatic rings. The van der Waals surface area contributed by atoms with Crippen molar-refractivity contribution in [2.24, 2.45) is 0 Å². The van der Waals surface area contributed by atoms with Gasteiger partial charge in [-0.05, 0) is 65.5 Å². The minimum atomic E-state index is -0.381. The molecule has 0 aromatic heterocycles. The Balaban J connectivity index is 1.86. The van der Waals surface area contributed by atoms with Gasteiger partial charge in [-0.1, -0.05) is 58.4 Å². The monoisotopic (exact) mass is 377 g/mol. The number of esters is 1. The van der Waals surface area contributed by atoms with Crippen LogP contribution in [0.2, 0.25) is 0 Å². The Kier molecular flexibility index (Phi) is 5.22. The number of ether oxygens (including phenoxy) is 1. The van der Waals surface area contributed by atoms with Gasteiger partial charge < -0.3 is 10.1 Å². The molecule has 0 unspecified atom stereocenters. The number of nitrogens with one attached hydrogen (secondary N) is 1. The van der Waals surface area contributed by atoms with Crippen molar-refractivity contribution in [2.75, 3.05) is 6.61 Å². The van der Waals surface area contributed by atoms with Crippen molar-refractivity contribution in [2.45, 2.75) is 65.2 Å². The molecule has 0 atom stereocenters. The molecule has 0 saturated carbocycles. The first-order valence-electron chi connectivity index (χ1n) is 9.98.